The molecule has 0 fully saturated rings. The van der Waals surface area contributed by atoms with Gasteiger partial charge in [0.15, 0.2) is 6.04 Å². The van der Waals surface area contributed by atoms with Crippen LogP contribution in [0.5, 0.6) is 0 Å². The summed E-state index contributed by atoms with van der Waals surface area (Å²) in [5, 5.41) is 21.9. The summed E-state index contributed by atoms with van der Waals surface area (Å²) in [5.41, 5.74) is 0. The molecule has 0 aromatic carbocycles. The highest BCUT2D eigenvalue weighted by atomic mass is 31.2. The minimum absolute atomic E-state index is 0.150. The van der Waals surface area contributed by atoms with Crippen LogP contribution in [0, 0.1) is 0 Å². The highest BCUT2D eigenvalue weighted by molar-refractivity contribution is 7.47. The molecule has 0 heterocycles. The third-order valence-corrected chi connectivity index (χ3v) is 11.9. The SMILES string of the molecule is CCCCC/C=C\C/C=C\CCCCCCCCCC(=O)OCC(O)COP(=O)(O)OCC(NC(=O)CCCCCCCCCCCCCCCCCCCCCC)C(=O)O. The number of carbonyl (C=O) groups is 3. The van der Waals surface area contributed by atoms with Gasteiger partial charge in [0.25, 0.3) is 0 Å². The molecular formula is C49H92NO10P. The summed E-state index contributed by atoms with van der Waals surface area (Å²) in [6, 6.07) is -1.54. The first-order chi connectivity index (χ1) is 29.6. The molecule has 4 N–H and O–H groups in total. The summed E-state index contributed by atoms with van der Waals surface area (Å²) in [7, 11) is -4.76. The van der Waals surface area contributed by atoms with Crippen LogP contribution in [0.15, 0.2) is 24.3 Å². The molecule has 0 aliphatic carbocycles. The van der Waals surface area contributed by atoms with E-state index >= 15 is 0 Å². The van der Waals surface area contributed by atoms with E-state index in [0.717, 1.165) is 51.4 Å². The molecule has 0 aromatic rings. The molecule has 11 nitrogen and oxygen atoms in total. The zero-order valence-corrected chi connectivity index (χ0v) is 39.9. The summed E-state index contributed by atoms with van der Waals surface area (Å²) in [6.07, 6.45) is 47.7. The Morgan fingerprint density at radius 1 is 0.525 bits per heavy atom. The van der Waals surface area contributed by atoms with Crippen LogP contribution in [0.2, 0.25) is 0 Å². The topological polar surface area (TPSA) is 169 Å². The number of carboxylic acids is 1. The van der Waals surface area contributed by atoms with Crippen LogP contribution in [-0.2, 0) is 32.7 Å². The van der Waals surface area contributed by atoms with Crippen molar-refractivity contribution in [3.05, 3.63) is 24.3 Å². The predicted octanol–water partition coefficient (Wildman–Crippen LogP) is 13.4. The van der Waals surface area contributed by atoms with Gasteiger partial charge in [-0.3, -0.25) is 18.6 Å². The Morgan fingerprint density at radius 2 is 0.902 bits per heavy atom. The molecule has 0 saturated heterocycles. The number of carbonyl (C=O) groups excluding carboxylic acids is 2. The van der Waals surface area contributed by atoms with Crippen molar-refractivity contribution < 1.29 is 47.8 Å². The fourth-order valence-corrected chi connectivity index (χ4v) is 7.88. The van der Waals surface area contributed by atoms with Gasteiger partial charge in [-0.15, -0.1) is 0 Å². The Balaban J connectivity index is 3.83. The van der Waals surface area contributed by atoms with Gasteiger partial charge in [-0.2, -0.15) is 0 Å². The molecule has 0 rings (SSSR count). The maximum absolute atomic E-state index is 12.4. The molecular weight excluding hydrogens is 794 g/mol. The van der Waals surface area contributed by atoms with Gasteiger partial charge < -0.3 is 25.2 Å². The summed E-state index contributed by atoms with van der Waals surface area (Å²) < 4.78 is 26.9. The van der Waals surface area contributed by atoms with E-state index in [4.69, 9.17) is 13.8 Å². The van der Waals surface area contributed by atoms with E-state index in [-0.39, 0.29) is 12.8 Å². The molecule has 0 radical (unpaired) electrons. The minimum Gasteiger partial charge on any atom is -0.480 e. The Hall–Kier alpha value is -2.04. The average Bonchev–Trinajstić information content (AvgIpc) is 3.24. The van der Waals surface area contributed by atoms with Crippen LogP contribution in [0.25, 0.3) is 0 Å². The van der Waals surface area contributed by atoms with E-state index in [2.05, 4.69) is 43.5 Å². The standard InChI is InChI=1S/C49H92NO10P/c1-3-5-7-9-11-13-15-17-19-21-22-23-25-26-28-30-32-34-36-38-40-47(52)50-46(49(54)55)44-60-61(56,57)59-43-45(51)42-58-48(53)41-39-37-35-33-31-29-27-24-20-18-16-14-12-10-8-6-4-2/h12,14,18,20,45-46,51H,3-11,13,15-17,19,21-44H2,1-2H3,(H,50,52)(H,54,55)(H,56,57)/b14-12-,20-18-. The van der Waals surface area contributed by atoms with E-state index in [1.807, 2.05) is 0 Å². The van der Waals surface area contributed by atoms with Gasteiger partial charge in [-0.1, -0.05) is 205 Å². The van der Waals surface area contributed by atoms with Gasteiger partial charge in [-0.05, 0) is 44.9 Å². The maximum Gasteiger partial charge on any atom is 0.472 e. The van der Waals surface area contributed by atoms with Gasteiger partial charge in [-0.25, -0.2) is 9.36 Å². The molecule has 0 spiro atoms. The molecule has 3 unspecified atom stereocenters. The minimum atomic E-state index is -4.76. The highest BCUT2D eigenvalue weighted by Gasteiger charge is 2.28. The zero-order valence-electron chi connectivity index (χ0n) is 39.0. The van der Waals surface area contributed by atoms with Crippen molar-refractivity contribution in [3.63, 3.8) is 0 Å². The molecule has 0 aliphatic heterocycles. The number of nitrogens with one attached hydrogen (secondary N) is 1. The maximum atomic E-state index is 12.4. The molecule has 0 aliphatic rings. The van der Waals surface area contributed by atoms with Crippen molar-refractivity contribution in [1.82, 2.24) is 5.32 Å². The van der Waals surface area contributed by atoms with Crippen LogP contribution in [0.1, 0.15) is 239 Å². The summed E-state index contributed by atoms with van der Waals surface area (Å²) >= 11 is 0. The molecule has 3 atom stereocenters. The van der Waals surface area contributed by atoms with Crippen molar-refractivity contribution in [2.24, 2.45) is 0 Å². The Kier molecular flexibility index (Phi) is 43.1. The third-order valence-electron chi connectivity index (χ3n) is 11.0. The van der Waals surface area contributed by atoms with E-state index in [1.54, 1.807) is 0 Å². The largest absolute Gasteiger partial charge is 0.480 e. The van der Waals surface area contributed by atoms with Crippen LogP contribution >= 0.6 is 7.82 Å². The number of allylic oxidation sites excluding steroid dienone is 4. The van der Waals surface area contributed by atoms with Crippen molar-refractivity contribution in [2.75, 3.05) is 19.8 Å². The number of esters is 1. The second-order valence-electron chi connectivity index (χ2n) is 17.0. The third kappa shape index (κ3) is 44.4. The Morgan fingerprint density at radius 3 is 1.36 bits per heavy atom. The van der Waals surface area contributed by atoms with E-state index in [9.17, 15) is 34.1 Å². The lowest BCUT2D eigenvalue weighted by molar-refractivity contribution is -0.147. The number of aliphatic hydroxyl groups excluding tert-OH is 1. The lowest BCUT2D eigenvalue weighted by atomic mass is 10.0. The van der Waals surface area contributed by atoms with Gasteiger partial charge in [0.1, 0.15) is 12.7 Å². The first-order valence-corrected chi connectivity index (χ1v) is 26.4. The van der Waals surface area contributed by atoms with Crippen LogP contribution in [-0.4, -0.2) is 64.9 Å². The Bertz CT molecular complexity index is 1130. The lowest BCUT2D eigenvalue weighted by Crippen LogP contribution is -2.43. The molecule has 358 valence electrons. The number of hydrogen-bond acceptors (Lipinski definition) is 8. The summed E-state index contributed by atoms with van der Waals surface area (Å²) in [5.74, 6) is -2.37. The predicted molar refractivity (Wildman–Crippen MR) is 249 cm³/mol. The van der Waals surface area contributed by atoms with Gasteiger partial charge in [0, 0.05) is 12.8 Å². The van der Waals surface area contributed by atoms with E-state index in [0.29, 0.717) is 12.8 Å². The monoisotopic (exact) mass is 886 g/mol. The number of aliphatic carboxylic acids is 1. The summed E-state index contributed by atoms with van der Waals surface area (Å²) in [6.45, 7) is 2.60. The average molecular weight is 886 g/mol. The van der Waals surface area contributed by atoms with Gasteiger partial charge in [0.05, 0.1) is 13.2 Å². The first-order valence-electron chi connectivity index (χ1n) is 24.9. The van der Waals surface area contributed by atoms with Crippen molar-refractivity contribution >= 4 is 25.7 Å². The fourth-order valence-electron chi connectivity index (χ4n) is 7.11. The fraction of sp³-hybridized carbons (Fsp3) is 0.857. The molecule has 0 bridgehead atoms. The zero-order chi connectivity index (χ0) is 44.9. The number of carboxylic acid groups (broad SMARTS) is 1. The smallest absolute Gasteiger partial charge is 0.472 e. The number of hydrogen-bond donors (Lipinski definition) is 4. The quantitative estimate of drug-likeness (QED) is 0.0200. The lowest BCUT2D eigenvalue weighted by Gasteiger charge is -2.18. The molecule has 0 aromatic heterocycles. The van der Waals surface area contributed by atoms with Crippen LogP contribution < -0.4 is 5.32 Å². The van der Waals surface area contributed by atoms with Crippen molar-refractivity contribution in [1.29, 1.82) is 0 Å². The summed E-state index contributed by atoms with van der Waals surface area (Å²) in [4.78, 5) is 46.1. The number of amides is 1. The number of aliphatic hydroxyl groups is 1. The second kappa shape index (κ2) is 44.6. The Labute approximate surface area is 372 Å². The second-order valence-corrected chi connectivity index (χ2v) is 18.5. The molecule has 1 amide bonds. The van der Waals surface area contributed by atoms with Crippen LogP contribution in [0.4, 0.5) is 0 Å². The number of phosphoric ester groups is 1. The number of ether oxygens (including phenoxy) is 1. The van der Waals surface area contributed by atoms with Crippen molar-refractivity contribution in [2.45, 2.75) is 251 Å². The van der Waals surface area contributed by atoms with E-state index in [1.165, 1.54) is 148 Å². The van der Waals surface area contributed by atoms with Crippen molar-refractivity contribution in [3.8, 4) is 0 Å². The van der Waals surface area contributed by atoms with E-state index < -0.39 is 57.6 Å². The first kappa shape index (κ1) is 59.0. The molecule has 0 saturated carbocycles. The molecule has 12 heteroatoms. The number of rotatable bonds is 47. The molecule has 61 heavy (non-hydrogen) atoms. The number of phosphoric acid groups is 1. The number of unbranched alkanes of at least 4 members (excludes halogenated alkanes) is 29. The van der Waals surface area contributed by atoms with Crippen LogP contribution in [0.3, 0.4) is 0 Å². The highest BCUT2D eigenvalue weighted by Crippen LogP contribution is 2.43. The normalized spacial score (nSPS) is 13.8. The van der Waals surface area contributed by atoms with Gasteiger partial charge >= 0.3 is 19.8 Å². The van der Waals surface area contributed by atoms with Gasteiger partial charge in [0.2, 0.25) is 5.91 Å².